The molecule has 0 unspecified atom stereocenters. The Hall–Kier alpha value is -1.22. The van der Waals surface area contributed by atoms with Crippen molar-refractivity contribution in [2.24, 2.45) is 5.92 Å². The van der Waals surface area contributed by atoms with Gasteiger partial charge in [-0.25, -0.2) is 0 Å². The van der Waals surface area contributed by atoms with Gasteiger partial charge in [-0.05, 0) is 62.6 Å². The smallest absolute Gasteiger partial charge is 0.254 e. The third-order valence-corrected chi connectivity index (χ3v) is 4.69. The number of hydrogen-bond donors (Lipinski definition) is 1. The molecule has 1 aromatic carbocycles. The second kappa shape index (κ2) is 6.69. The molecular formula is C17H25ClN2O. The maximum absolute atomic E-state index is 12.8. The van der Waals surface area contributed by atoms with Crippen LogP contribution in [0.3, 0.4) is 0 Å². The standard InChI is InChI=1S/C17H24N2O.ClH/c1-12-5-7-15(8-6-12)19(16-9-10-16)17(20)13-3-2-4-14(18)11-13;/h2-4,11-12,15-16H,5-10,18H2,1H3;1H. The van der Waals surface area contributed by atoms with Gasteiger partial charge in [-0.15, -0.1) is 12.4 Å². The molecule has 2 aliphatic carbocycles. The SMILES string of the molecule is CC1CCC(N(C(=O)c2cccc(N)c2)C2CC2)CC1.Cl. The zero-order chi connectivity index (χ0) is 14.1. The first kappa shape index (κ1) is 16.2. The van der Waals surface area contributed by atoms with Gasteiger partial charge in [0.1, 0.15) is 0 Å². The summed E-state index contributed by atoms with van der Waals surface area (Å²) in [6, 6.07) is 8.31. The van der Waals surface area contributed by atoms with Crippen LogP contribution in [-0.2, 0) is 0 Å². The van der Waals surface area contributed by atoms with E-state index in [1.165, 1.54) is 25.7 Å². The molecule has 1 amide bonds. The van der Waals surface area contributed by atoms with Gasteiger partial charge in [-0.2, -0.15) is 0 Å². The lowest BCUT2D eigenvalue weighted by Gasteiger charge is -2.36. The maximum Gasteiger partial charge on any atom is 0.254 e. The van der Waals surface area contributed by atoms with Gasteiger partial charge in [-0.1, -0.05) is 13.0 Å². The number of nitrogens with two attached hydrogens (primary N) is 1. The lowest BCUT2D eigenvalue weighted by atomic mass is 9.86. The van der Waals surface area contributed by atoms with Crippen molar-refractivity contribution in [1.82, 2.24) is 4.90 Å². The fraction of sp³-hybridized carbons (Fsp3) is 0.588. The molecule has 0 heterocycles. The van der Waals surface area contributed by atoms with Crippen molar-refractivity contribution in [3.05, 3.63) is 29.8 Å². The highest BCUT2D eigenvalue weighted by Crippen LogP contribution is 2.36. The van der Waals surface area contributed by atoms with Gasteiger partial charge in [0.05, 0.1) is 0 Å². The average Bonchev–Trinajstić information content (AvgIpc) is 3.26. The summed E-state index contributed by atoms with van der Waals surface area (Å²) in [5.41, 5.74) is 7.23. The molecular weight excluding hydrogens is 284 g/mol. The Balaban J connectivity index is 0.00000161. The molecule has 2 aliphatic rings. The largest absolute Gasteiger partial charge is 0.399 e. The number of carbonyl (C=O) groups excluding carboxylic acids is 1. The number of nitrogens with zero attached hydrogens (tertiary/aromatic N) is 1. The highest BCUT2D eigenvalue weighted by molar-refractivity contribution is 5.95. The Morgan fingerprint density at radius 1 is 1.10 bits per heavy atom. The van der Waals surface area contributed by atoms with Crippen LogP contribution in [0.4, 0.5) is 5.69 Å². The topological polar surface area (TPSA) is 46.3 Å². The third kappa shape index (κ3) is 3.70. The molecule has 3 nitrogen and oxygen atoms in total. The van der Waals surface area contributed by atoms with Gasteiger partial charge in [0.25, 0.3) is 5.91 Å². The van der Waals surface area contributed by atoms with E-state index in [0.717, 1.165) is 24.3 Å². The second-order valence-electron chi connectivity index (χ2n) is 6.48. The molecule has 1 aromatic rings. The fourth-order valence-corrected chi connectivity index (χ4v) is 3.32. The summed E-state index contributed by atoms with van der Waals surface area (Å²) >= 11 is 0. The van der Waals surface area contributed by atoms with Gasteiger partial charge in [0.15, 0.2) is 0 Å². The number of hydrogen-bond acceptors (Lipinski definition) is 2. The molecule has 0 aliphatic heterocycles. The third-order valence-electron chi connectivity index (χ3n) is 4.69. The number of amides is 1. The number of nitrogen functional groups attached to an aromatic ring is 1. The van der Waals surface area contributed by atoms with E-state index in [0.29, 0.717) is 17.8 Å². The van der Waals surface area contributed by atoms with Gasteiger partial charge in [-0.3, -0.25) is 4.79 Å². The average molecular weight is 309 g/mol. The Bertz CT molecular complexity index is 493. The van der Waals surface area contributed by atoms with E-state index < -0.39 is 0 Å². The van der Waals surface area contributed by atoms with Crippen LogP contribution in [0.1, 0.15) is 55.8 Å². The number of anilines is 1. The van der Waals surface area contributed by atoms with Crippen LogP contribution in [-0.4, -0.2) is 22.9 Å². The first-order valence-electron chi connectivity index (χ1n) is 7.83. The second-order valence-corrected chi connectivity index (χ2v) is 6.48. The minimum Gasteiger partial charge on any atom is -0.399 e. The molecule has 2 N–H and O–H groups in total. The van der Waals surface area contributed by atoms with Crippen LogP contribution >= 0.6 is 12.4 Å². The number of benzene rings is 1. The molecule has 116 valence electrons. The molecule has 0 spiro atoms. The summed E-state index contributed by atoms with van der Waals surface area (Å²) in [5.74, 6) is 0.995. The van der Waals surface area contributed by atoms with Crippen LogP contribution in [0.25, 0.3) is 0 Å². The lowest BCUT2D eigenvalue weighted by Crippen LogP contribution is -2.43. The van der Waals surface area contributed by atoms with Gasteiger partial charge >= 0.3 is 0 Å². The van der Waals surface area contributed by atoms with E-state index in [9.17, 15) is 4.79 Å². The van der Waals surface area contributed by atoms with E-state index in [4.69, 9.17) is 5.73 Å². The summed E-state index contributed by atoms with van der Waals surface area (Å²) in [5, 5.41) is 0. The summed E-state index contributed by atoms with van der Waals surface area (Å²) < 4.78 is 0. The summed E-state index contributed by atoms with van der Waals surface area (Å²) in [7, 11) is 0. The summed E-state index contributed by atoms with van der Waals surface area (Å²) in [6.45, 7) is 2.32. The van der Waals surface area contributed by atoms with Crippen molar-refractivity contribution in [2.45, 2.75) is 57.5 Å². The zero-order valence-corrected chi connectivity index (χ0v) is 13.4. The van der Waals surface area contributed by atoms with Crippen LogP contribution in [0.15, 0.2) is 24.3 Å². The first-order chi connectivity index (χ1) is 9.65. The molecule has 3 rings (SSSR count). The molecule has 0 saturated heterocycles. The van der Waals surface area contributed by atoms with E-state index >= 15 is 0 Å². The van der Waals surface area contributed by atoms with Crippen molar-refractivity contribution in [3.63, 3.8) is 0 Å². The van der Waals surface area contributed by atoms with Crippen molar-refractivity contribution in [2.75, 3.05) is 5.73 Å². The fourth-order valence-electron chi connectivity index (χ4n) is 3.32. The quantitative estimate of drug-likeness (QED) is 0.862. The molecule has 2 fully saturated rings. The van der Waals surface area contributed by atoms with Gasteiger partial charge < -0.3 is 10.6 Å². The highest BCUT2D eigenvalue weighted by Gasteiger charge is 2.38. The van der Waals surface area contributed by atoms with Crippen molar-refractivity contribution >= 4 is 24.0 Å². The molecule has 0 atom stereocenters. The Morgan fingerprint density at radius 3 is 2.19 bits per heavy atom. The molecule has 0 aromatic heterocycles. The van der Waals surface area contributed by atoms with Crippen molar-refractivity contribution in [3.8, 4) is 0 Å². The van der Waals surface area contributed by atoms with Crippen molar-refractivity contribution in [1.29, 1.82) is 0 Å². The van der Waals surface area contributed by atoms with E-state index in [1.807, 2.05) is 24.3 Å². The number of carbonyl (C=O) groups is 1. The summed E-state index contributed by atoms with van der Waals surface area (Å²) in [4.78, 5) is 15.0. The Morgan fingerprint density at radius 2 is 1.67 bits per heavy atom. The van der Waals surface area contributed by atoms with E-state index in [-0.39, 0.29) is 18.3 Å². The van der Waals surface area contributed by atoms with Crippen LogP contribution in [0, 0.1) is 5.92 Å². The molecule has 0 bridgehead atoms. The van der Waals surface area contributed by atoms with E-state index in [2.05, 4.69) is 11.8 Å². The Labute approximate surface area is 133 Å². The monoisotopic (exact) mass is 308 g/mol. The van der Waals surface area contributed by atoms with Gasteiger partial charge in [0.2, 0.25) is 0 Å². The zero-order valence-electron chi connectivity index (χ0n) is 12.6. The van der Waals surface area contributed by atoms with Crippen molar-refractivity contribution < 1.29 is 4.79 Å². The van der Waals surface area contributed by atoms with Crippen LogP contribution < -0.4 is 5.73 Å². The number of halogens is 1. The first-order valence-corrected chi connectivity index (χ1v) is 7.83. The predicted molar refractivity (Wildman–Crippen MR) is 88.7 cm³/mol. The molecule has 4 heteroatoms. The molecule has 0 radical (unpaired) electrons. The Kier molecular flexibility index (Phi) is 5.15. The normalized spacial score (nSPS) is 25.0. The highest BCUT2D eigenvalue weighted by atomic mass is 35.5. The minimum absolute atomic E-state index is 0. The van der Waals surface area contributed by atoms with Crippen LogP contribution in [0.5, 0.6) is 0 Å². The summed E-state index contributed by atoms with van der Waals surface area (Å²) in [6.07, 6.45) is 7.15. The minimum atomic E-state index is 0. The molecule has 2 saturated carbocycles. The lowest BCUT2D eigenvalue weighted by molar-refractivity contribution is 0.0593. The predicted octanol–water partition coefficient (Wildman–Crippen LogP) is 3.87. The maximum atomic E-state index is 12.8. The van der Waals surface area contributed by atoms with Gasteiger partial charge in [0, 0.05) is 23.3 Å². The van der Waals surface area contributed by atoms with Crippen LogP contribution in [0.2, 0.25) is 0 Å². The number of rotatable bonds is 3. The molecule has 21 heavy (non-hydrogen) atoms. The van der Waals surface area contributed by atoms with E-state index in [1.54, 1.807) is 0 Å².